The lowest BCUT2D eigenvalue weighted by Crippen LogP contribution is -2.32. The van der Waals surface area contributed by atoms with E-state index in [1.54, 1.807) is 0 Å². The highest BCUT2D eigenvalue weighted by atomic mass is 16.8. The number of fused-ring (bicyclic) bond motifs is 1. The van der Waals surface area contributed by atoms with Crippen molar-refractivity contribution in [3.8, 4) is 0 Å². The second-order valence-electron chi connectivity index (χ2n) is 14.2. The Labute approximate surface area is 287 Å². The molecule has 3 nitrogen and oxygen atoms in total. The van der Waals surface area contributed by atoms with Crippen molar-refractivity contribution in [1.29, 1.82) is 0 Å². The molecule has 1 N–H and O–H groups in total. The number of allylic oxidation sites excluding steroid dienone is 8. The molecule has 3 heteroatoms. The van der Waals surface area contributed by atoms with Crippen molar-refractivity contribution in [3.05, 3.63) is 48.6 Å². The molecule has 2 aliphatic rings. The molecule has 266 valence electrons. The lowest BCUT2D eigenvalue weighted by atomic mass is 9.98. The fourth-order valence-electron chi connectivity index (χ4n) is 6.96. The molecule has 2 heterocycles. The molecule has 2 aliphatic heterocycles. The molecule has 2 unspecified atom stereocenters. The van der Waals surface area contributed by atoms with Gasteiger partial charge in [-0.3, -0.25) is 0 Å². The van der Waals surface area contributed by atoms with E-state index in [4.69, 9.17) is 9.47 Å². The first-order valence-electron chi connectivity index (χ1n) is 20.5. The van der Waals surface area contributed by atoms with E-state index in [1.165, 1.54) is 141 Å². The van der Waals surface area contributed by atoms with Crippen LogP contribution in [-0.2, 0) is 9.47 Å². The van der Waals surface area contributed by atoms with Crippen molar-refractivity contribution in [2.75, 3.05) is 13.1 Å². The molecule has 2 fully saturated rings. The SMILES string of the molecule is CCCCC/C=C\C/C=C\CCCCCCCCC1(CCCCCCCC/C=C\C/C=C\CCCCC)OC2CCNCCC2O1. The normalized spacial score (nSPS) is 20.1. The van der Waals surface area contributed by atoms with Crippen LogP contribution in [0.3, 0.4) is 0 Å². The lowest BCUT2D eigenvalue weighted by molar-refractivity contribution is -0.187. The van der Waals surface area contributed by atoms with Crippen molar-refractivity contribution in [2.24, 2.45) is 0 Å². The number of unbranched alkanes of at least 4 members (excludes halogenated alkanes) is 18. The summed E-state index contributed by atoms with van der Waals surface area (Å²) >= 11 is 0. The van der Waals surface area contributed by atoms with Gasteiger partial charge in [0.1, 0.15) is 0 Å². The minimum Gasteiger partial charge on any atom is -0.344 e. The van der Waals surface area contributed by atoms with Gasteiger partial charge in [-0.2, -0.15) is 0 Å². The Hall–Kier alpha value is -1.16. The molecule has 0 spiro atoms. The van der Waals surface area contributed by atoms with Crippen LogP contribution in [0.15, 0.2) is 48.6 Å². The Bertz CT molecular complexity index is 720. The highest BCUT2D eigenvalue weighted by Crippen LogP contribution is 2.40. The molecule has 0 radical (unpaired) electrons. The smallest absolute Gasteiger partial charge is 0.169 e. The number of hydrogen-bond acceptors (Lipinski definition) is 3. The summed E-state index contributed by atoms with van der Waals surface area (Å²) < 4.78 is 13.6. The standard InChI is InChI=1S/C43H77NO2/c1-3-5-7-9-11-13-15-17-19-21-23-25-27-29-31-33-37-43(45-41-35-39-44-40-36-42(41)46-43)38-34-32-30-28-26-24-22-20-18-16-14-12-10-8-6-4-2/h11-14,17-20,41-42,44H,3-10,15-16,21-40H2,1-2H3/b13-11-,14-12-,19-17-,20-18-. The Kier molecular flexibility index (Phi) is 26.7. The summed E-state index contributed by atoms with van der Waals surface area (Å²) in [6.07, 6.45) is 54.9. The summed E-state index contributed by atoms with van der Waals surface area (Å²) in [5.74, 6) is -0.308. The van der Waals surface area contributed by atoms with Crippen LogP contribution in [0, 0.1) is 0 Å². The summed E-state index contributed by atoms with van der Waals surface area (Å²) in [4.78, 5) is 0. The molecular formula is C43H77NO2. The van der Waals surface area contributed by atoms with Crippen LogP contribution >= 0.6 is 0 Å². The molecular weight excluding hydrogens is 562 g/mol. The first-order chi connectivity index (χ1) is 22.8. The molecule has 0 aromatic carbocycles. The molecule has 46 heavy (non-hydrogen) atoms. The Morgan fingerprint density at radius 2 is 0.804 bits per heavy atom. The van der Waals surface area contributed by atoms with Gasteiger partial charge in [0.15, 0.2) is 5.79 Å². The Morgan fingerprint density at radius 1 is 0.457 bits per heavy atom. The zero-order valence-corrected chi connectivity index (χ0v) is 30.8. The van der Waals surface area contributed by atoms with Crippen molar-refractivity contribution in [3.63, 3.8) is 0 Å². The van der Waals surface area contributed by atoms with Gasteiger partial charge in [0.2, 0.25) is 0 Å². The molecule has 0 amide bonds. The van der Waals surface area contributed by atoms with Crippen LogP contribution in [0.25, 0.3) is 0 Å². The van der Waals surface area contributed by atoms with Crippen molar-refractivity contribution in [2.45, 2.75) is 212 Å². The van der Waals surface area contributed by atoms with E-state index in [0.717, 1.165) is 51.6 Å². The highest BCUT2D eigenvalue weighted by molar-refractivity contribution is 4.94. The van der Waals surface area contributed by atoms with Crippen LogP contribution in [-0.4, -0.2) is 31.1 Å². The van der Waals surface area contributed by atoms with Crippen LogP contribution < -0.4 is 5.32 Å². The fourth-order valence-corrected chi connectivity index (χ4v) is 6.96. The number of rotatable bonds is 30. The average Bonchev–Trinajstić information content (AvgIpc) is 3.26. The van der Waals surface area contributed by atoms with Gasteiger partial charge >= 0.3 is 0 Å². The summed E-state index contributed by atoms with van der Waals surface area (Å²) in [7, 11) is 0. The Balaban J connectivity index is 1.53. The third-order valence-electron chi connectivity index (χ3n) is 9.87. The van der Waals surface area contributed by atoms with Gasteiger partial charge < -0.3 is 14.8 Å². The molecule has 2 rings (SSSR count). The quantitative estimate of drug-likeness (QED) is 0.0626. The largest absolute Gasteiger partial charge is 0.344 e. The maximum absolute atomic E-state index is 6.79. The topological polar surface area (TPSA) is 30.5 Å². The van der Waals surface area contributed by atoms with Gasteiger partial charge in [0, 0.05) is 12.8 Å². The predicted molar refractivity (Wildman–Crippen MR) is 203 cm³/mol. The zero-order valence-electron chi connectivity index (χ0n) is 30.8. The molecule has 0 bridgehead atoms. The second-order valence-corrected chi connectivity index (χ2v) is 14.2. The van der Waals surface area contributed by atoms with Crippen molar-refractivity contribution in [1.82, 2.24) is 5.32 Å². The maximum Gasteiger partial charge on any atom is 0.169 e. The lowest BCUT2D eigenvalue weighted by Gasteiger charge is -2.29. The van der Waals surface area contributed by atoms with Gasteiger partial charge in [-0.05, 0) is 103 Å². The molecule has 0 saturated carbocycles. The number of ether oxygens (including phenoxy) is 2. The van der Waals surface area contributed by atoms with Crippen LogP contribution in [0.1, 0.15) is 194 Å². The predicted octanol–water partition coefficient (Wildman–Crippen LogP) is 13.3. The maximum atomic E-state index is 6.79. The van der Waals surface area contributed by atoms with Gasteiger partial charge in [-0.25, -0.2) is 0 Å². The molecule has 0 aromatic rings. The van der Waals surface area contributed by atoms with E-state index in [2.05, 4.69) is 67.8 Å². The molecule has 2 saturated heterocycles. The van der Waals surface area contributed by atoms with Gasteiger partial charge in [0.05, 0.1) is 12.2 Å². The molecule has 0 aliphatic carbocycles. The van der Waals surface area contributed by atoms with E-state index in [-0.39, 0.29) is 5.79 Å². The van der Waals surface area contributed by atoms with Gasteiger partial charge in [-0.1, -0.05) is 140 Å². The Morgan fingerprint density at radius 3 is 1.20 bits per heavy atom. The number of hydrogen-bond donors (Lipinski definition) is 1. The van der Waals surface area contributed by atoms with Crippen molar-refractivity contribution < 1.29 is 9.47 Å². The average molecular weight is 640 g/mol. The summed E-state index contributed by atoms with van der Waals surface area (Å²) in [6.45, 7) is 6.67. The summed E-state index contributed by atoms with van der Waals surface area (Å²) in [5.41, 5.74) is 0. The van der Waals surface area contributed by atoms with Crippen LogP contribution in [0.4, 0.5) is 0 Å². The fraction of sp³-hybridized carbons (Fsp3) is 0.814. The minimum absolute atomic E-state index is 0.296. The van der Waals surface area contributed by atoms with Gasteiger partial charge in [-0.15, -0.1) is 0 Å². The van der Waals surface area contributed by atoms with E-state index in [9.17, 15) is 0 Å². The summed E-state index contributed by atoms with van der Waals surface area (Å²) in [6, 6.07) is 0. The number of nitrogens with one attached hydrogen (secondary N) is 1. The van der Waals surface area contributed by atoms with Crippen LogP contribution in [0.2, 0.25) is 0 Å². The molecule has 0 aromatic heterocycles. The first kappa shape index (κ1) is 41.0. The third-order valence-corrected chi connectivity index (χ3v) is 9.87. The van der Waals surface area contributed by atoms with E-state index >= 15 is 0 Å². The van der Waals surface area contributed by atoms with E-state index < -0.39 is 0 Å². The summed E-state index contributed by atoms with van der Waals surface area (Å²) in [5, 5.41) is 3.53. The third kappa shape index (κ3) is 21.7. The van der Waals surface area contributed by atoms with E-state index in [0.29, 0.717) is 12.2 Å². The first-order valence-corrected chi connectivity index (χ1v) is 20.5. The second kappa shape index (κ2) is 29.9. The van der Waals surface area contributed by atoms with Crippen molar-refractivity contribution >= 4 is 0 Å². The molecule has 2 atom stereocenters. The highest BCUT2D eigenvalue weighted by Gasteiger charge is 2.46. The van der Waals surface area contributed by atoms with Gasteiger partial charge in [0.25, 0.3) is 0 Å². The minimum atomic E-state index is -0.308. The van der Waals surface area contributed by atoms with Crippen LogP contribution in [0.5, 0.6) is 0 Å². The monoisotopic (exact) mass is 640 g/mol. The van der Waals surface area contributed by atoms with E-state index in [1.807, 2.05) is 0 Å². The zero-order chi connectivity index (χ0) is 32.6.